The molecule has 2 rings (SSSR count). The van der Waals surface area contributed by atoms with Crippen LogP contribution in [0.5, 0.6) is 0 Å². The lowest BCUT2D eigenvalue weighted by Crippen LogP contribution is -2.44. The van der Waals surface area contributed by atoms with Gasteiger partial charge in [0.2, 0.25) is 0 Å². The maximum atomic E-state index is 11.6. The second-order valence-corrected chi connectivity index (χ2v) is 7.18. The highest BCUT2D eigenvalue weighted by Crippen LogP contribution is 2.23. The molecular formula is C16H28ClN9O3. The van der Waals surface area contributed by atoms with Gasteiger partial charge in [-0.1, -0.05) is 12.1 Å². The van der Waals surface area contributed by atoms with Crippen LogP contribution in [-0.4, -0.2) is 64.5 Å². The number of alkyl halides is 1. The molecule has 0 unspecified atom stereocenters. The Morgan fingerprint density at radius 3 is 2.52 bits per heavy atom. The van der Waals surface area contributed by atoms with Gasteiger partial charge < -0.3 is 16.0 Å². The van der Waals surface area contributed by atoms with Crippen LogP contribution in [0.25, 0.3) is 0 Å². The third-order valence-electron chi connectivity index (χ3n) is 4.15. The molecule has 0 bridgehead atoms. The summed E-state index contributed by atoms with van der Waals surface area (Å²) in [7, 11) is 3.42. The van der Waals surface area contributed by atoms with Crippen LogP contribution in [0.15, 0.2) is 22.0 Å². The monoisotopic (exact) mass is 429 g/mol. The van der Waals surface area contributed by atoms with E-state index in [1.54, 1.807) is 14.1 Å². The number of nitroso groups, excluding NO2 is 1. The Hall–Kier alpha value is -2.76. The zero-order valence-corrected chi connectivity index (χ0v) is 17.6. The molecule has 29 heavy (non-hydrogen) atoms. The Bertz CT molecular complexity index is 687. The summed E-state index contributed by atoms with van der Waals surface area (Å²) in [6.45, 7) is 2.37. The second-order valence-electron chi connectivity index (χ2n) is 6.80. The van der Waals surface area contributed by atoms with E-state index in [0.29, 0.717) is 0 Å². The van der Waals surface area contributed by atoms with Gasteiger partial charge in [0.1, 0.15) is 0 Å². The fourth-order valence-corrected chi connectivity index (χ4v) is 2.75. The molecule has 1 saturated carbocycles. The highest BCUT2D eigenvalue weighted by atomic mass is 35.5. The largest absolute Gasteiger partial charge is 0.364 e. The van der Waals surface area contributed by atoms with Crippen LogP contribution >= 0.6 is 11.6 Å². The molecule has 1 aliphatic carbocycles. The molecule has 4 N–H and O–H groups in total. The fraction of sp³-hybridized carbons (Fsp3) is 0.688. The van der Waals surface area contributed by atoms with Gasteiger partial charge in [0, 0.05) is 26.0 Å². The molecule has 3 amide bonds. The fourth-order valence-electron chi connectivity index (χ4n) is 2.59. The third-order valence-corrected chi connectivity index (χ3v) is 4.32. The third kappa shape index (κ3) is 8.85. The lowest BCUT2D eigenvalue weighted by molar-refractivity contribution is 0.0996. The Kier molecular flexibility index (Phi) is 10.6. The number of aromatic amines is 1. The summed E-state index contributed by atoms with van der Waals surface area (Å²) in [4.78, 5) is 39.0. The standard InChI is InChI=1S/C10H18ClN3O2.C6H10N6O/c1-8-2-4-9(5-3-8)12-10(15)14(13-16)7-6-11;1-12(2)11-10-6-4(5(7)13)8-3-9-6/h8-9H,2-7H2,1H3,(H,12,15);3H,1-2H3,(H2,7,13)(H,8,9)/b;11-10+. The van der Waals surface area contributed by atoms with Gasteiger partial charge in [0.25, 0.3) is 5.91 Å². The first-order valence-electron chi connectivity index (χ1n) is 9.17. The first-order valence-corrected chi connectivity index (χ1v) is 9.71. The number of amides is 3. The molecule has 1 heterocycles. The van der Waals surface area contributed by atoms with Crippen LogP contribution in [0.3, 0.4) is 0 Å². The number of nitrogens with two attached hydrogens (primary N) is 1. The Morgan fingerprint density at radius 1 is 1.34 bits per heavy atom. The average Bonchev–Trinajstić information content (AvgIpc) is 3.15. The smallest absolute Gasteiger partial charge is 0.340 e. The molecule has 1 aromatic heterocycles. The molecule has 0 aromatic carbocycles. The molecular weight excluding hydrogens is 402 g/mol. The zero-order valence-electron chi connectivity index (χ0n) is 16.8. The number of imidazole rings is 1. The summed E-state index contributed by atoms with van der Waals surface area (Å²) in [6, 6.07) is -0.265. The number of rotatable bonds is 7. The molecule has 1 aromatic rings. The minimum absolute atomic E-state index is 0.0885. The number of nitrogens with one attached hydrogen (secondary N) is 2. The predicted octanol–water partition coefficient (Wildman–Crippen LogP) is 2.57. The minimum Gasteiger partial charge on any atom is -0.364 e. The highest BCUT2D eigenvalue weighted by molar-refractivity contribution is 6.18. The van der Waals surface area contributed by atoms with Gasteiger partial charge in [-0.25, -0.2) is 9.78 Å². The van der Waals surface area contributed by atoms with Gasteiger partial charge in [-0.15, -0.1) is 21.6 Å². The maximum absolute atomic E-state index is 11.6. The topological polar surface area (TPSA) is 162 Å². The highest BCUT2D eigenvalue weighted by Gasteiger charge is 2.22. The molecule has 0 spiro atoms. The van der Waals surface area contributed by atoms with Crippen molar-refractivity contribution in [3.05, 3.63) is 16.9 Å². The number of carbonyl (C=O) groups is 2. The molecule has 13 heteroatoms. The van der Waals surface area contributed by atoms with Crippen molar-refractivity contribution in [2.24, 2.45) is 27.3 Å². The van der Waals surface area contributed by atoms with Gasteiger partial charge >= 0.3 is 6.03 Å². The molecule has 0 radical (unpaired) electrons. The molecule has 1 fully saturated rings. The van der Waals surface area contributed by atoms with Crippen LogP contribution in [0.2, 0.25) is 0 Å². The molecule has 0 aliphatic heterocycles. The van der Waals surface area contributed by atoms with E-state index in [1.807, 2.05) is 0 Å². The van der Waals surface area contributed by atoms with Crippen molar-refractivity contribution >= 4 is 29.4 Å². The minimum atomic E-state index is -0.631. The second kappa shape index (κ2) is 12.6. The van der Waals surface area contributed by atoms with Gasteiger partial charge in [-0.2, -0.15) is 5.01 Å². The van der Waals surface area contributed by atoms with E-state index < -0.39 is 11.9 Å². The average molecular weight is 430 g/mol. The van der Waals surface area contributed by atoms with Gasteiger partial charge in [0.05, 0.1) is 18.2 Å². The Labute approximate surface area is 174 Å². The lowest BCUT2D eigenvalue weighted by Gasteiger charge is -2.27. The van der Waals surface area contributed by atoms with E-state index >= 15 is 0 Å². The molecule has 12 nitrogen and oxygen atoms in total. The normalized spacial score (nSPS) is 18.5. The number of primary amides is 1. The predicted molar refractivity (Wildman–Crippen MR) is 108 cm³/mol. The maximum Gasteiger partial charge on any atom is 0.340 e. The summed E-state index contributed by atoms with van der Waals surface area (Å²) in [5.74, 6) is 0.576. The first-order chi connectivity index (χ1) is 13.8. The van der Waals surface area contributed by atoms with Crippen molar-refractivity contribution in [1.82, 2.24) is 25.3 Å². The summed E-state index contributed by atoms with van der Waals surface area (Å²) < 4.78 is 0. The van der Waals surface area contributed by atoms with E-state index in [4.69, 9.17) is 17.3 Å². The van der Waals surface area contributed by atoms with E-state index in [-0.39, 0.29) is 30.0 Å². The van der Waals surface area contributed by atoms with Gasteiger partial charge in [-0.05, 0) is 31.6 Å². The summed E-state index contributed by atoms with van der Waals surface area (Å²) in [5, 5.41) is 15.2. The number of halogens is 1. The van der Waals surface area contributed by atoms with Crippen LogP contribution in [0, 0.1) is 10.8 Å². The zero-order chi connectivity index (χ0) is 21.8. The van der Waals surface area contributed by atoms with Crippen molar-refractivity contribution in [3.63, 3.8) is 0 Å². The number of carbonyl (C=O) groups excluding carboxylic acids is 2. The van der Waals surface area contributed by atoms with Crippen molar-refractivity contribution in [3.8, 4) is 0 Å². The number of aromatic nitrogens is 2. The Morgan fingerprint density at radius 2 is 2.00 bits per heavy atom. The number of hydrogen-bond donors (Lipinski definition) is 3. The van der Waals surface area contributed by atoms with E-state index in [0.717, 1.165) is 36.6 Å². The SMILES string of the molecule is CC1CCC(NC(=O)N(CCCl)N=O)CC1.CN(C)/N=N/c1[nH]cnc1C(N)=O. The molecule has 1 aliphatic rings. The summed E-state index contributed by atoms with van der Waals surface area (Å²) >= 11 is 5.46. The van der Waals surface area contributed by atoms with Gasteiger partial charge in [0.15, 0.2) is 11.5 Å². The number of H-pyrrole nitrogens is 1. The van der Waals surface area contributed by atoms with Crippen molar-refractivity contribution in [2.75, 3.05) is 26.5 Å². The van der Waals surface area contributed by atoms with Crippen molar-refractivity contribution in [1.29, 1.82) is 0 Å². The first kappa shape index (κ1) is 24.3. The molecule has 162 valence electrons. The number of urea groups is 1. The summed E-state index contributed by atoms with van der Waals surface area (Å²) in [5.41, 5.74) is 5.12. The van der Waals surface area contributed by atoms with E-state index in [1.165, 1.54) is 11.3 Å². The van der Waals surface area contributed by atoms with Crippen LogP contribution in [0.1, 0.15) is 43.1 Å². The quantitative estimate of drug-likeness (QED) is 0.262. The summed E-state index contributed by atoms with van der Waals surface area (Å²) in [6.07, 6.45) is 5.52. The van der Waals surface area contributed by atoms with Crippen LogP contribution in [-0.2, 0) is 0 Å². The number of hydrogen-bond acceptors (Lipinski definition) is 7. The molecule has 0 atom stereocenters. The lowest BCUT2D eigenvalue weighted by atomic mass is 9.87. The van der Waals surface area contributed by atoms with Crippen molar-refractivity contribution < 1.29 is 9.59 Å². The Balaban J connectivity index is 0.000000296. The molecule has 0 saturated heterocycles. The van der Waals surface area contributed by atoms with Crippen LogP contribution < -0.4 is 11.1 Å². The number of nitrogens with zero attached hydrogens (tertiary/aromatic N) is 6. The van der Waals surface area contributed by atoms with Crippen molar-refractivity contribution in [2.45, 2.75) is 38.6 Å². The van der Waals surface area contributed by atoms with Gasteiger partial charge in [-0.3, -0.25) is 9.80 Å². The van der Waals surface area contributed by atoms with Crippen LogP contribution in [0.4, 0.5) is 10.6 Å². The van der Waals surface area contributed by atoms with E-state index in [2.05, 4.69) is 37.8 Å². The van der Waals surface area contributed by atoms with E-state index in [9.17, 15) is 14.5 Å².